The van der Waals surface area contributed by atoms with Crippen molar-refractivity contribution in [2.75, 3.05) is 36.6 Å². The van der Waals surface area contributed by atoms with Gasteiger partial charge in [0.25, 0.3) is 0 Å². The van der Waals surface area contributed by atoms with Crippen molar-refractivity contribution in [1.29, 1.82) is 0 Å². The van der Waals surface area contributed by atoms with Crippen LogP contribution in [0.1, 0.15) is 12.8 Å². The molecule has 2 heterocycles. The summed E-state index contributed by atoms with van der Waals surface area (Å²) >= 11 is 1.39. The molecule has 0 aliphatic carbocycles. The van der Waals surface area contributed by atoms with E-state index < -0.39 is 10.0 Å². The normalized spacial score (nSPS) is 17.5. The highest BCUT2D eigenvalue weighted by Crippen LogP contribution is 2.34. The first-order chi connectivity index (χ1) is 14.9. The molecule has 0 spiro atoms. The van der Waals surface area contributed by atoms with Crippen LogP contribution in [0.25, 0.3) is 0 Å². The molecule has 0 unspecified atom stereocenters. The second-order valence-corrected chi connectivity index (χ2v) is 10.3. The molecule has 4 rings (SSSR count). The largest absolute Gasteiger partial charge is 0.497 e. The minimum absolute atomic E-state index is 0.126. The van der Waals surface area contributed by atoms with Gasteiger partial charge in [0.2, 0.25) is 21.8 Å². The minimum atomic E-state index is -3.71. The number of benzene rings is 2. The van der Waals surface area contributed by atoms with E-state index in [1.807, 2.05) is 0 Å². The van der Waals surface area contributed by atoms with Crippen LogP contribution >= 0.6 is 11.8 Å². The number of nitrogens with one attached hydrogen (secondary N) is 2. The number of fused-ring (bicyclic) bond motifs is 1. The number of methoxy groups -OCH3 is 1. The Kier molecular flexibility index (Phi) is 6.22. The van der Waals surface area contributed by atoms with Crippen LogP contribution in [0.5, 0.6) is 5.75 Å². The number of sulfonamides is 1. The highest BCUT2D eigenvalue weighted by Gasteiger charge is 2.33. The van der Waals surface area contributed by atoms with Crippen LogP contribution in [0.2, 0.25) is 0 Å². The third-order valence-electron chi connectivity index (χ3n) is 5.38. The van der Waals surface area contributed by atoms with Crippen molar-refractivity contribution in [3.63, 3.8) is 0 Å². The fraction of sp³-hybridized carbons (Fsp3) is 0.333. The fourth-order valence-corrected chi connectivity index (χ4v) is 5.96. The van der Waals surface area contributed by atoms with Gasteiger partial charge in [0.1, 0.15) is 5.75 Å². The summed E-state index contributed by atoms with van der Waals surface area (Å²) in [7, 11) is -2.14. The molecule has 0 radical (unpaired) electrons. The monoisotopic (exact) mass is 461 g/mol. The number of hydrogen-bond acceptors (Lipinski definition) is 6. The lowest BCUT2D eigenvalue weighted by Gasteiger charge is -2.31. The molecule has 2 aromatic rings. The van der Waals surface area contributed by atoms with Gasteiger partial charge in [0.15, 0.2) is 0 Å². The molecule has 2 N–H and O–H groups in total. The first kappa shape index (κ1) is 21.7. The van der Waals surface area contributed by atoms with E-state index in [4.69, 9.17) is 4.74 Å². The summed E-state index contributed by atoms with van der Waals surface area (Å²) in [6.07, 6.45) is 0.874. The average molecular weight is 462 g/mol. The first-order valence-electron chi connectivity index (χ1n) is 9.88. The maximum absolute atomic E-state index is 13.1. The van der Waals surface area contributed by atoms with Crippen LogP contribution in [0, 0.1) is 5.92 Å². The van der Waals surface area contributed by atoms with Crippen molar-refractivity contribution in [3.8, 4) is 5.75 Å². The molecule has 2 aromatic carbocycles. The number of thioether (sulfide) groups is 1. The van der Waals surface area contributed by atoms with Crippen LogP contribution in [0.4, 0.5) is 11.4 Å². The predicted octanol–water partition coefficient (Wildman–Crippen LogP) is 2.78. The molecule has 164 valence electrons. The van der Waals surface area contributed by atoms with Gasteiger partial charge in [-0.2, -0.15) is 4.31 Å². The molecule has 0 bridgehead atoms. The third-order valence-corrected chi connectivity index (χ3v) is 8.35. The number of hydrogen-bond donors (Lipinski definition) is 2. The average Bonchev–Trinajstić information content (AvgIpc) is 2.78. The number of carbonyl (C=O) groups is 2. The molecule has 1 fully saturated rings. The van der Waals surface area contributed by atoms with Crippen LogP contribution in [-0.4, -0.2) is 50.5 Å². The van der Waals surface area contributed by atoms with E-state index in [1.54, 1.807) is 43.5 Å². The molecule has 8 nitrogen and oxygen atoms in total. The van der Waals surface area contributed by atoms with Gasteiger partial charge in [-0.25, -0.2) is 8.42 Å². The number of ether oxygens (including phenoxy) is 1. The summed E-state index contributed by atoms with van der Waals surface area (Å²) < 4.78 is 32.7. The van der Waals surface area contributed by atoms with Gasteiger partial charge >= 0.3 is 0 Å². The summed E-state index contributed by atoms with van der Waals surface area (Å²) in [6, 6.07) is 11.9. The summed E-state index contributed by atoms with van der Waals surface area (Å²) in [5, 5.41) is 5.60. The molecule has 2 aliphatic rings. The van der Waals surface area contributed by atoms with Crippen molar-refractivity contribution in [3.05, 3.63) is 42.5 Å². The lowest BCUT2D eigenvalue weighted by Crippen LogP contribution is -2.41. The smallest absolute Gasteiger partial charge is 0.243 e. The zero-order valence-electron chi connectivity index (χ0n) is 17.0. The maximum atomic E-state index is 13.1. The van der Waals surface area contributed by atoms with E-state index in [0.717, 1.165) is 4.90 Å². The standard InChI is InChI=1S/C21H23N3O5S2/c1-29-16-4-2-3-15(11-16)22-21(26)14-7-9-24(10-8-14)31(27,28)17-5-6-19-18(12-17)23-20(25)13-30-19/h2-6,11-12,14H,7-10,13H2,1H3,(H,22,26)(H,23,25). The Labute approximate surface area is 185 Å². The topological polar surface area (TPSA) is 105 Å². The van der Waals surface area contributed by atoms with E-state index in [0.29, 0.717) is 35.7 Å². The molecule has 1 saturated heterocycles. The molecule has 2 amide bonds. The van der Waals surface area contributed by atoms with Crippen LogP contribution in [0.3, 0.4) is 0 Å². The molecular weight excluding hydrogens is 438 g/mol. The molecular formula is C21H23N3O5S2. The quantitative estimate of drug-likeness (QED) is 0.710. The molecule has 0 aromatic heterocycles. The van der Waals surface area contributed by atoms with Crippen molar-refractivity contribution in [2.45, 2.75) is 22.6 Å². The summed E-state index contributed by atoms with van der Waals surface area (Å²) in [6.45, 7) is 0.521. The Hall–Kier alpha value is -2.56. The fourth-order valence-electron chi connectivity index (χ4n) is 3.68. The van der Waals surface area contributed by atoms with Crippen LogP contribution in [-0.2, 0) is 19.6 Å². The van der Waals surface area contributed by atoms with Gasteiger partial charge in [0, 0.05) is 35.7 Å². The van der Waals surface area contributed by atoms with Gasteiger partial charge in [0.05, 0.1) is 23.4 Å². The molecule has 10 heteroatoms. The zero-order chi connectivity index (χ0) is 22.0. The Morgan fingerprint density at radius 3 is 2.71 bits per heavy atom. The second-order valence-electron chi connectivity index (χ2n) is 7.39. The van der Waals surface area contributed by atoms with Gasteiger partial charge in [-0.1, -0.05) is 6.07 Å². The lowest BCUT2D eigenvalue weighted by atomic mass is 9.97. The van der Waals surface area contributed by atoms with E-state index in [2.05, 4.69) is 10.6 Å². The van der Waals surface area contributed by atoms with Gasteiger partial charge in [-0.3, -0.25) is 9.59 Å². The predicted molar refractivity (Wildman–Crippen MR) is 119 cm³/mol. The highest BCUT2D eigenvalue weighted by atomic mass is 32.2. The maximum Gasteiger partial charge on any atom is 0.243 e. The third kappa shape index (κ3) is 4.70. The van der Waals surface area contributed by atoms with E-state index in [1.165, 1.54) is 22.1 Å². The molecule has 31 heavy (non-hydrogen) atoms. The molecule has 0 saturated carbocycles. The van der Waals surface area contributed by atoms with Gasteiger partial charge in [-0.15, -0.1) is 11.8 Å². The van der Waals surface area contributed by atoms with Crippen molar-refractivity contribution >= 4 is 45.0 Å². The Morgan fingerprint density at radius 1 is 1.19 bits per heavy atom. The van der Waals surface area contributed by atoms with Crippen molar-refractivity contribution in [2.24, 2.45) is 5.92 Å². The summed E-state index contributed by atoms with van der Waals surface area (Å²) in [5.41, 5.74) is 1.17. The van der Waals surface area contributed by atoms with Crippen LogP contribution < -0.4 is 15.4 Å². The van der Waals surface area contributed by atoms with E-state index >= 15 is 0 Å². The SMILES string of the molecule is COc1cccc(NC(=O)C2CCN(S(=O)(=O)c3ccc4c(c3)NC(=O)CS4)CC2)c1. The number of anilines is 2. The highest BCUT2D eigenvalue weighted by molar-refractivity contribution is 8.00. The Balaban J connectivity index is 1.40. The number of piperidine rings is 1. The Morgan fingerprint density at radius 2 is 1.97 bits per heavy atom. The lowest BCUT2D eigenvalue weighted by molar-refractivity contribution is -0.121. The van der Waals surface area contributed by atoms with Crippen molar-refractivity contribution < 1.29 is 22.7 Å². The minimum Gasteiger partial charge on any atom is -0.497 e. The van der Waals surface area contributed by atoms with E-state index in [9.17, 15) is 18.0 Å². The van der Waals surface area contributed by atoms with Gasteiger partial charge < -0.3 is 15.4 Å². The van der Waals surface area contributed by atoms with E-state index in [-0.39, 0.29) is 35.7 Å². The summed E-state index contributed by atoms with van der Waals surface area (Å²) in [4.78, 5) is 25.2. The first-order valence-corrected chi connectivity index (χ1v) is 12.3. The molecule has 2 aliphatic heterocycles. The zero-order valence-corrected chi connectivity index (χ0v) is 18.6. The second kappa shape index (κ2) is 8.89. The molecule has 0 atom stereocenters. The Bertz CT molecular complexity index is 1110. The number of rotatable bonds is 5. The van der Waals surface area contributed by atoms with Crippen LogP contribution in [0.15, 0.2) is 52.3 Å². The summed E-state index contributed by atoms with van der Waals surface area (Å²) in [5.74, 6) is 0.439. The van der Waals surface area contributed by atoms with Crippen molar-refractivity contribution in [1.82, 2.24) is 4.31 Å². The number of carbonyl (C=O) groups excluding carboxylic acids is 2. The number of amides is 2. The number of nitrogens with zero attached hydrogens (tertiary/aromatic N) is 1. The van der Waals surface area contributed by atoms with Gasteiger partial charge in [-0.05, 0) is 43.2 Å².